The maximum Gasteiger partial charge on any atom is 0.291 e. The Kier molecular flexibility index (Phi) is 5.55. The molecule has 0 unspecified atom stereocenters. The highest BCUT2D eigenvalue weighted by atomic mass is 35.5. The zero-order chi connectivity index (χ0) is 21.1. The highest BCUT2D eigenvalue weighted by Crippen LogP contribution is 2.33. The lowest BCUT2D eigenvalue weighted by molar-refractivity contribution is -0.115. The highest BCUT2D eigenvalue weighted by Gasteiger charge is 2.24. The SMILES string of the molecule is C[C@H](NC(=O)c1ccc2c(c1)NC(=O)/C(=C/c1ccccc1Cl)O2)c1ccccc1. The summed E-state index contributed by atoms with van der Waals surface area (Å²) in [7, 11) is 0. The summed E-state index contributed by atoms with van der Waals surface area (Å²) in [5, 5.41) is 6.25. The molecule has 0 radical (unpaired) electrons. The fourth-order valence-electron chi connectivity index (χ4n) is 3.14. The number of rotatable bonds is 4. The standard InChI is InChI=1S/C24H19ClN2O3/c1-15(16-7-3-2-4-8-16)26-23(28)18-11-12-21-20(13-18)27-24(29)22(30-21)14-17-9-5-6-10-19(17)25/h2-15H,1H3,(H,26,28)(H,27,29)/b22-14-/t15-/m0/s1. The molecule has 0 bridgehead atoms. The van der Waals surface area contributed by atoms with E-state index in [1.165, 1.54) is 0 Å². The van der Waals surface area contributed by atoms with E-state index >= 15 is 0 Å². The van der Waals surface area contributed by atoms with E-state index in [2.05, 4.69) is 10.6 Å². The number of ether oxygens (including phenoxy) is 1. The summed E-state index contributed by atoms with van der Waals surface area (Å²) in [4.78, 5) is 25.1. The summed E-state index contributed by atoms with van der Waals surface area (Å²) in [6.07, 6.45) is 1.59. The van der Waals surface area contributed by atoms with Crippen LogP contribution in [0, 0.1) is 0 Å². The van der Waals surface area contributed by atoms with Crippen LogP contribution in [0.25, 0.3) is 6.08 Å². The number of halogens is 1. The number of benzene rings is 3. The lowest BCUT2D eigenvalue weighted by atomic mass is 10.1. The van der Waals surface area contributed by atoms with Gasteiger partial charge in [-0.05, 0) is 48.4 Å². The third-order valence-electron chi connectivity index (χ3n) is 4.77. The molecule has 0 saturated carbocycles. The fraction of sp³-hybridized carbons (Fsp3) is 0.0833. The molecule has 1 aliphatic heterocycles. The van der Waals surface area contributed by atoms with Gasteiger partial charge in [0.05, 0.1) is 11.7 Å². The van der Waals surface area contributed by atoms with Crippen LogP contribution in [-0.4, -0.2) is 11.8 Å². The molecule has 0 aliphatic carbocycles. The van der Waals surface area contributed by atoms with Gasteiger partial charge in [0.1, 0.15) is 0 Å². The normalized spacial score (nSPS) is 15.0. The van der Waals surface area contributed by atoms with E-state index in [4.69, 9.17) is 16.3 Å². The number of nitrogens with one attached hydrogen (secondary N) is 2. The third-order valence-corrected chi connectivity index (χ3v) is 5.12. The van der Waals surface area contributed by atoms with Gasteiger partial charge < -0.3 is 15.4 Å². The second-order valence-electron chi connectivity index (χ2n) is 6.90. The molecule has 3 aromatic rings. The van der Waals surface area contributed by atoms with Crippen molar-refractivity contribution in [3.8, 4) is 5.75 Å². The second kappa shape index (κ2) is 8.43. The van der Waals surface area contributed by atoms with E-state index < -0.39 is 5.91 Å². The Hall–Kier alpha value is -3.57. The lowest BCUT2D eigenvalue weighted by Crippen LogP contribution is -2.27. The molecular weight excluding hydrogens is 400 g/mol. The summed E-state index contributed by atoms with van der Waals surface area (Å²) in [6.45, 7) is 1.92. The molecule has 0 fully saturated rings. The Bertz CT molecular complexity index is 1140. The molecular formula is C24H19ClN2O3. The Morgan fingerprint density at radius 2 is 1.80 bits per heavy atom. The van der Waals surface area contributed by atoms with Gasteiger partial charge in [0.15, 0.2) is 11.5 Å². The van der Waals surface area contributed by atoms with Crippen LogP contribution in [0.5, 0.6) is 5.75 Å². The van der Waals surface area contributed by atoms with Gasteiger partial charge in [-0.15, -0.1) is 0 Å². The summed E-state index contributed by atoms with van der Waals surface area (Å²) >= 11 is 6.16. The van der Waals surface area contributed by atoms with Crippen molar-refractivity contribution in [2.75, 3.05) is 5.32 Å². The minimum Gasteiger partial charge on any atom is -0.449 e. The molecule has 1 atom stereocenters. The Labute approximate surface area is 179 Å². The quantitative estimate of drug-likeness (QED) is 0.572. The Morgan fingerprint density at radius 3 is 2.57 bits per heavy atom. The molecule has 150 valence electrons. The maximum absolute atomic E-state index is 12.6. The van der Waals surface area contributed by atoms with Crippen LogP contribution in [-0.2, 0) is 4.79 Å². The molecule has 1 aliphatic rings. The summed E-state index contributed by atoms with van der Waals surface area (Å²) in [5.41, 5.74) is 2.56. The average molecular weight is 419 g/mol. The second-order valence-corrected chi connectivity index (χ2v) is 7.31. The van der Waals surface area contributed by atoms with E-state index in [1.807, 2.05) is 49.4 Å². The molecule has 4 rings (SSSR count). The van der Waals surface area contributed by atoms with Crippen molar-refractivity contribution in [2.45, 2.75) is 13.0 Å². The first kappa shape index (κ1) is 19.7. The molecule has 30 heavy (non-hydrogen) atoms. The molecule has 0 saturated heterocycles. The van der Waals surface area contributed by atoms with Crippen molar-refractivity contribution in [3.05, 3.63) is 100 Å². The van der Waals surface area contributed by atoms with Gasteiger partial charge in [0.25, 0.3) is 11.8 Å². The monoisotopic (exact) mass is 418 g/mol. The van der Waals surface area contributed by atoms with E-state index in [1.54, 1.807) is 36.4 Å². The van der Waals surface area contributed by atoms with Gasteiger partial charge in [-0.1, -0.05) is 60.1 Å². The van der Waals surface area contributed by atoms with Gasteiger partial charge in [-0.2, -0.15) is 0 Å². The topological polar surface area (TPSA) is 67.4 Å². The number of amides is 2. The van der Waals surface area contributed by atoms with Crippen LogP contribution in [0.1, 0.15) is 34.5 Å². The van der Waals surface area contributed by atoms with Crippen molar-refractivity contribution in [3.63, 3.8) is 0 Å². The molecule has 3 aromatic carbocycles. The van der Waals surface area contributed by atoms with Gasteiger partial charge >= 0.3 is 0 Å². The van der Waals surface area contributed by atoms with Gasteiger partial charge in [0, 0.05) is 10.6 Å². The van der Waals surface area contributed by atoms with Crippen LogP contribution in [0.4, 0.5) is 5.69 Å². The number of hydrogen-bond acceptors (Lipinski definition) is 3. The zero-order valence-corrected chi connectivity index (χ0v) is 16.9. The Morgan fingerprint density at radius 1 is 1.07 bits per heavy atom. The molecule has 2 N–H and O–H groups in total. The summed E-state index contributed by atoms with van der Waals surface area (Å²) in [5.74, 6) is -0.0514. The molecule has 2 amide bonds. The van der Waals surface area contributed by atoms with Crippen LogP contribution in [0.15, 0.2) is 78.6 Å². The van der Waals surface area contributed by atoms with E-state index in [9.17, 15) is 9.59 Å². The van der Waals surface area contributed by atoms with Crippen LogP contribution in [0.3, 0.4) is 0 Å². The van der Waals surface area contributed by atoms with Crippen molar-refractivity contribution >= 4 is 35.2 Å². The lowest BCUT2D eigenvalue weighted by Gasteiger charge is -2.21. The van der Waals surface area contributed by atoms with E-state index in [0.29, 0.717) is 27.6 Å². The maximum atomic E-state index is 12.6. The van der Waals surface area contributed by atoms with Gasteiger partial charge in [-0.3, -0.25) is 9.59 Å². The molecule has 0 aromatic heterocycles. The first-order valence-electron chi connectivity index (χ1n) is 9.46. The number of anilines is 1. The number of carbonyl (C=O) groups is 2. The van der Waals surface area contributed by atoms with Crippen molar-refractivity contribution in [1.82, 2.24) is 5.32 Å². The summed E-state index contributed by atoms with van der Waals surface area (Å²) < 4.78 is 5.75. The molecule has 5 nitrogen and oxygen atoms in total. The van der Waals surface area contributed by atoms with E-state index in [-0.39, 0.29) is 17.7 Å². The number of carbonyl (C=O) groups excluding carboxylic acids is 2. The average Bonchev–Trinajstić information content (AvgIpc) is 2.76. The third kappa shape index (κ3) is 4.21. The first-order chi connectivity index (χ1) is 14.5. The fourth-order valence-corrected chi connectivity index (χ4v) is 3.33. The smallest absolute Gasteiger partial charge is 0.291 e. The zero-order valence-electron chi connectivity index (χ0n) is 16.2. The molecule has 0 spiro atoms. The van der Waals surface area contributed by atoms with Crippen molar-refractivity contribution < 1.29 is 14.3 Å². The number of fused-ring (bicyclic) bond motifs is 1. The predicted octanol–water partition coefficient (Wildman–Crippen LogP) is 5.20. The molecule has 1 heterocycles. The van der Waals surface area contributed by atoms with Crippen molar-refractivity contribution in [1.29, 1.82) is 0 Å². The van der Waals surface area contributed by atoms with Crippen LogP contribution < -0.4 is 15.4 Å². The summed E-state index contributed by atoms with van der Waals surface area (Å²) in [6, 6.07) is 21.7. The minimum atomic E-state index is -0.405. The van der Waals surface area contributed by atoms with Crippen molar-refractivity contribution in [2.24, 2.45) is 0 Å². The Balaban J connectivity index is 1.52. The largest absolute Gasteiger partial charge is 0.449 e. The van der Waals surface area contributed by atoms with Crippen LogP contribution in [0.2, 0.25) is 5.02 Å². The first-order valence-corrected chi connectivity index (χ1v) is 9.84. The predicted molar refractivity (Wildman–Crippen MR) is 117 cm³/mol. The number of hydrogen-bond donors (Lipinski definition) is 2. The van der Waals surface area contributed by atoms with Gasteiger partial charge in [-0.25, -0.2) is 0 Å². The van der Waals surface area contributed by atoms with Gasteiger partial charge in [0.2, 0.25) is 0 Å². The highest BCUT2D eigenvalue weighted by molar-refractivity contribution is 6.32. The van der Waals surface area contributed by atoms with Crippen LogP contribution >= 0.6 is 11.6 Å². The minimum absolute atomic E-state index is 0.130. The van der Waals surface area contributed by atoms with E-state index in [0.717, 1.165) is 5.56 Å². The molecule has 6 heteroatoms.